The maximum absolute atomic E-state index is 11.4. The number of amides is 1. The second-order valence-electron chi connectivity index (χ2n) is 3.21. The lowest BCUT2D eigenvalue weighted by atomic mass is 10.1. The molecule has 13 heavy (non-hydrogen) atoms. The number of carbonyl (C=O) groups is 1. The van der Waals surface area contributed by atoms with E-state index >= 15 is 0 Å². The molecule has 0 rings (SSSR count). The summed E-state index contributed by atoms with van der Waals surface area (Å²) in [4.78, 5) is 11.4. The fraction of sp³-hybridized carbons (Fsp3) is 0.889. The van der Waals surface area contributed by atoms with Crippen molar-refractivity contribution in [2.45, 2.75) is 26.3 Å². The van der Waals surface area contributed by atoms with Gasteiger partial charge in [-0.15, -0.1) is 0 Å². The van der Waals surface area contributed by atoms with Gasteiger partial charge in [0, 0.05) is 24.3 Å². The Labute approximate surface area is 84.8 Å². The lowest BCUT2D eigenvalue weighted by Crippen LogP contribution is -2.41. The van der Waals surface area contributed by atoms with Crippen LogP contribution in [0.1, 0.15) is 20.3 Å². The van der Waals surface area contributed by atoms with Gasteiger partial charge in [-0.1, -0.05) is 13.8 Å². The van der Waals surface area contributed by atoms with Gasteiger partial charge in [0.05, 0.1) is 0 Å². The molecule has 0 aromatic rings. The third kappa shape index (κ3) is 5.16. The minimum atomic E-state index is -0.0732. The Balaban J connectivity index is 3.85. The topological polar surface area (TPSA) is 55.1 Å². The summed E-state index contributed by atoms with van der Waals surface area (Å²) in [5, 5.41) is 2.98. The normalized spacial score (nSPS) is 15.1. The maximum Gasteiger partial charge on any atom is 0.224 e. The summed E-state index contributed by atoms with van der Waals surface area (Å²) in [6.07, 6.45) is 3.02. The van der Waals surface area contributed by atoms with Crippen LogP contribution in [0.15, 0.2) is 0 Å². The highest BCUT2D eigenvalue weighted by Crippen LogP contribution is 2.02. The first-order valence-corrected chi connectivity index (χ1v) is 6.04. The fourth-order valence-electron chi connectivity index (χ4n) is 0.913. The highest BCUT2D eigenvalue weighted by atomic mass is 32.2. The molecule has 0 aliphatic carbocycles. The highest BCUT2D eigenvalue weighted by Gasteiger charge is 2.14. The summed E-state index contributed by atoms with van der Waals surface area (Å²) >= 11 is 1.75. The third-order valence-corrected chi connectivity index (χ3v) is 2.74. The Morgan fingerprint density at radius 1 is 1.62 bits per heavy atom. The van der Waals surface area contributed by atoms with Crippen LogP contribution in [0.3, 0.4) is 0 Å². The Morgan fingerprint density at radius 2 is 2.23 bits per heavy atom. The molecule has 0 fully saturated rings. The van der Waals surface area contributed by atoms with Gasteiger partial charge in [0.1, 0.15) is 0 Å². The predicted molar refractivity (Wildman–Crippen MR) is 58.8 cm³/mol. The number of thioether (sulfide) groups is 1. The summed E-state index contributed by atoms with van der Waals surface area (Å²) in [6.45, 7) is 4.34. The molecule has 3 N–H and O–H groups in total. The molecule has 78 valence electrons. The molecule has 0 aromatic heterocycles. The number of nitrogens with two attached hydrogens (primary N) is 1. The van der Waals surface area contributed by atoms with Crippen molar-refractivity contribution in [3.8, 4) is 0 Å². The van der Waals surface area contributed by atoms with Gasteiger partial charge in [0.15, 0.2) is 0 Å². The zero-order valence-electron chi connectivity index (χ0n) is 8.67. The fourth-order valence-corrected chi connectivity index (χ4v) is 1.63. The molecule has 3 nitrogen and oxygen atoms in total. The molecule has 0 saturated heterocycles. The first-order chi connectivity index (χ1) is 6.15. The number of hydrogen-bond donors (Lipinski definition) is 2. The minimum absolute atomic E-state index is 0.0726. The second-order valence-corrected chi connectivity index (χ2v) is 4.12. The average molecular weight is 204 g/mol. The molecule has 0 radical (unpaired) electrons. The number of hydrogen-bond acceptors (Lipinski definition) is 3. The summed E-state index contributed by atoms with van der Waals surface area (Å²) < 4.78 is 0. The van der Waals surface area contributed by atoms with Crippen molar-refractivity contribution in [2.75, 3.05) is 18.6 Å². The molecule has 0 heterocycles. The molecular weight excluding hydrogens is 184 g/mol. The SMILES string of the molecule is CCC(CSC)NC(=O)C(C)CN. The zero-order valence-corrected chi connectivity index (χ0v) is 9.49. The average Bonchev–Trinajstić information content (AvgIpc) is 2.15. The Bertz CT molecular complexity index is 153. The second kappa shape index (κ2) is 7.21. The van der Waals surface area contributed by atoms with Crippen LogP contribution in [-0.2, 0) is 4.79 Å². The molecule has 2 atom stereocenters. The van der Waals surface area contributed by atoms with Gasteiger partial charge < -0.3 is 11.1 Å². The molecule has 0 bridgehead atoms. The van der Waals surface area contributed by atoms with Gasteiger partial charge >= 0.3 is 0 Å². The van der Waals surface area contributed by atoms with E-state index in [2.05, 4.69) is 12.2 Å². The summed E-state index contributed by atoms with van der Waals surface area (Å²) in [5.74, 6) is 0.971. The lowest BCUT2D eigenvalue weighted by molar-refractivity contribution is -0.124. The monoisotopic (exact) mass is 204 g/mol. The molecule has 0 aliphatic heterocycles. The quantitative estimate of drug-likeness (QED) is 0.674. The Kier molecular flexibility index (Phi) is 7.09. The molecule has 0 aromatic carbocycles. The van der Waals surface area contributed by atoms with Crippen LogP contribution in [-0.4, -0.2) is 30.5 Å². The van der Waals surface area contributed by atoms with E-state index < -0.39 is 0 Å². The molecule has 0 saturated carbocycles. The van der Waals surface area contributed by atoms with Crippen LogP contribution >= 0.6 is 11.8 Å². The smallest absolute Gasteiger partial charge is 0.224 e. The van der Waals surface area contributed by atoms with Crippen molar-refractivity contribution in [1.82, 2.24) is 5.32 Å². The molecule has 0 aliphatic rings. The maximum atomic E-state index is 11.4. The van der Waals surface area contributed by atoms with Gasteiger partial charge in [-0.2, -0.15) is 11.8 Å². The Hall–Kier alpha value is -0.220. The molecule has 4 heteroatoms. The largest absolute Gasteiger partial charge is 0.352 e. The first-order valence-electron chi connectivity index (χ1n) is 4.65. The predicted octanol–water partition coefficient (Wildman–Crippen LogP) is 0.839. The van der Waals surface area contributed by atoms with E-state index in [-0.39, 0.29) is 17.9 Å². The van der Waals surface area contributed by atoms with Crippen LogP contribution in [0.5, 0.6) is 0 Å². The molecule has 0 spiro atoms. The zero-order chi connectivity index (χ0) is 10.3. The highest BCUT2D eigenvalue weighted by molar-refractivity contribution is 7.98. The van der Waals surface area contributed by atoms with Gasteiger partial charge in [-0.25, -0.2) is 0 Å². The van der Waals surface area contributed by atoms with Crippen molar-refractivity contribution >= 4 is 17.7 Å². The van der Waals surface area contributed by atoms with Crippen LogP contribution in [0.2, 0.25) is 0 Å². The molecule has 2 unspecified atom stereocenters. The van der Waals surface area contributed by atoms with E-state index in [0.717, 1.165) is 12.2 Å². The number of rotatable bonds is 6. The van der Waals surface area contributed by atoms with Crippen LogP contribution in [0.25, 0.3) is 0 Å². The van der Waals surface area contributed by atoms with E-state index in [9.17, 15) is 4.79 Å². The number of carbonyl (C=O) groups excluding carboxylic acids is 1. The van der Waals surface area contributed by atoms with Gasteiger partial charge in [-0.3, -0.25) is 4.79 Å². The van der Waals surface area contributed by atoms with E-state index in [1.54, 1.807) is 11.8 Å². The summed E-state index contributed by atoms with van der Waals surface area (Å²) in [6, 6.07) is 0.288. The standard InChI is InChI=1S/C9H20N2OS/c1-4-8(6-13-3)11-9(12)7(2)5-10/h7-8H,4-6,10H2,1-3H3,(H,11,12). The van der Waals surface area contributed by atoms with Crippen molar-refractivity contribution in [3.05, 3.63) is 0 Å². The lowest BCUT2D eigenvalue weighted by Gasteiger charge is -2.18. The van der Waals surface area contributed by atoms with E-state index in [1.807, 2.05) is 13.2 Å². The third-order valence-electron chi connectivity index (χ3n) is 2.01. The minimum Gasteiger partial charge on any atom is -0.352 e. The molecule has 1 amide bonds. The van der Waals surface area contributed by atoms with Crippen LogP contribution < -0.4 is 11.1 Å². The van der Waals surface area contributed by atoms with Gasteiger partial charge in [-0.05, 0) is 12.7 Å². The van der Waals surface area contributed by atoms with Crippen molar-refractivity contribution < 1.29 is 4.79 Å². The molecular formula is C9H20N2OS. The van der Waals surface area contributed by atoms with Crippen LogP contribution in [0, 0.1) is 5.92 Å². The van der Waals surface area contributed by atoms with E-state index in [1.165, 1.54) is 0 Å². The Morgan fingerprint density at radius 3 is 2.62 bits per heavy atom. The van der Waals surface area contributed by atoms with Gasteiger partial charge in [0.2, 0.25) is 5.91 Å². The first kappa shape index (κ1) is 12.8. The van der Waals surface area contributed by atoms with Crippen LogP contribution in [0.4, 0.5) is 0 Å². The van der Waals surface area contributed by atoms with E-state index in [4.69, 9.17) is 5.73 Å². The van der Waals surface area contributed by atoms with Gasteiger partial charge in [0.25, 0.3) is 0 Å². The van der Waals surface area contributed by atoms with E-state index in [0.29, 0.717) is 6.54 Å². The van der Waals surface area contributed by atoms with Crippen molar-refractivity contribution in [2.24, 2.45) is 11.7 Å². The summed E-state index contributed by atoms with van der Waals surface area (Å²) in [5.41, 5.74) is 5.40. The van der Waals surface area contributed by atoms with Crippen molar-refractivity contribution in [3.63, 3.8) is 0 Å². The summed E-state index contributed by atoms with van der Waals surface area (Å²) in [7, 11) is 0. The number of nitrogens with one attached hydrogen (secondary N) is 1. The van der Waals surface area contributed by atoms with Crippen molar-refractivity contribution in [1.29, 1.82) is 0 Å².